The van der Waals surface area contributed by atoms with E-state index in [0.29, 0.717) is 13.0 Å². The van der Waals surface area contributed by atoms with Crippen LogP contribution in [0, 0.1) is 5.92 Å². The summed E-state index contributed by atoms with van der Waals surface area (Å²) in [6.45, 7) is 4.37. The van der Waals surface area contributed by atoms with Crippen LogP contribution in [-0.2, 0) is 6.54 Å². The van der Waals surface area contributed by atoms with Crippen LogP contribution in [0.2, 0.25) is 0 Å². The van der Waals surface area contributed by atoms with Crippen LogP contribution in [0.5, 0.6) is 0 Å². The third-order valence-corrected chi connectivity index (χ3v) is 3.31. The Balaban J connectivity index is 2.64. The highest BCUT2D eigenvalue weighted by atomic mass is 16.3. The van der Waals surface area contributed by atoms with Gasteiger partial charge >= 0.3 is 0 Å². The zero-order chi connectivity index (χ0) is 12.7. The lowest BCUT2D eigenvalue weighted by molar-refractivity contribution is -0.0561. The average Bonchev–Trinajstić information content (AvgIpc) is 2.81. The van der Waals surface area contributed by atoms with Crippen molar-refractivity contribution in [2.24, 2.45) is 5.92 Å². The molecule has 98 valence electrons. The molecule has 0 aliphatic heterocycles. The van der Waals surface area contributed by atoms with E-state index < -0.39 is 5.60 Å². The molecule has 0 aliphatic carbocycles. The number of aliphatic hydroxyl groups is 2. The predicted octanol–water partition coefficient (Wildman–Crippen LogP) is 1.22. The van der Waals surface area contributed by atoms with Crippen molar-refractivity contribution < 1.29 is 10.2 Å². The SMILES string of the molecule is CCCCC[C@](O)(Cn1cncn1)[C@@H](C)CO. The van der Waals surface area contributed by atoms with Gasteiger partial charge in [-0.1, -0.05) is 33.1 Å². The smallest absolute Gasteiger partial charge is 0.137 e. The van der Waals surface area contributed by atoms with Gasteiger partial charge in [-0.05, 0) is 6.42 Å². The van der Waals surface area contributed by atoms with Crippen molar-refractivity contribution in [3.8, 4) is 0 Å². The molecule has 1 aromatic heterocycles. The van der Waals surface area contributed by atoms with E-state index >= 15 is 0 Å². The summed E-state index contributed by atoms with van der Waals surface area (Å²) < 4.78 is 1.62. The first-order valence-corrected chi connectivity index (χ1v) is 6.28. The highest BCUT2D eigenvalue weighted by molar-refractivity contribution is 4.84. The molecular formula is C12H23N3O2. The standard InChI is InChI=1S/C12H23N3O2/c1-3-4-5-6-12(17,11(2)7-16)8-15-10-13-9-14-15/h9-11,16-17H,3-8H2,1-2H3/t11-,12-/m0/s1. The van der Waals surface area contributed by atoms with E-state index in [1.807, 2.05) is 6.92 Å². The summed E-state index contributed by atoms with van der Waals surface area (Å²) in [5.41, 5.74) is -0.905. The van der Waals surface area contributed by atoms with E-state index in [1.54, 1.807) is 11.0 Å². The quantitative estimate of drug-likeness (QED) is 0.671. The molecule has 0 fully saturated rings. The van der Waals surface area contributed by atoms with Crippen LogP contribution in [-0.4, -0.2) is 37.2 Å². The van der Waals surface area contributed by atoms with Gasteiger partial charge in [0.1, 0.15) is 12.7 Å². The zero-order valence-electron chi connectivity index (χ0n) is 10.7. The summed E-state index contributed by atoms with van der Waals surface area (Å²) in [6, 6.07) is 0. The van der Waals surface area contributed by atoms with Gasteiger partial charge in [-0.25, -0.2) is 4.98 Å². The number of aliphatic hydroxyl groups excluding tert-OH is 1. The second-order valence-corrected chi connectivity index (χ2v) is 4.74. The molecule has 0 amide bonds. The average molecular weight is 241 g/mol. The van der Waals surface area contributed by atoms with Crippen LogP contribution in [0.15, 0.2) is 12.7 Å². The van der Waals surface area contributed by atoms with Crippen LogP contribution in [0.3, 0.4) is 0 Å². The summed E-state index contributed by atoms with van der Waals surface area (Å²) in [4.78, 5) is 3.87. The highest BCUT2D eigenvalue weighted by Crippen LogP contribution is 2.26. The van der Waals surface area contributed by atoms with Gasteiger partial charge in [0.05, 0.1) is 12.1 Å². The van der Waals surface area contributed by atoms with Crippen molar-refractivity contribution >= 4 is 0 Å². The molecule has 0 spiro atoms. The Labute approximate surface area is 102 Å². The van der Waals surface area contributed by atoms with E-state index in [2.05, 4.69) is 17.0 Å². The number of hydrogen-bond acceptors (Lipinski definition) is 4. The van der Waals surface area contributed by atoms with Crippen molar-refractivity contribution in [2.45, 2.75) is 51.7 Å². The van der Waals surface area contributed by atoms with Gasteiger partial charge in [0.2, 0.25) is 0 Å². The summed E-state index contributed by atoms with van der Waals surface area (Å²) in [6.07, 6.45) is 6.91. The van der Waals surface area contributed by atoms with Crippen LogP contribution in [0.1, 0.15) is 39.5 Å². The largest absolute Gasteiger partial charge is 0.396 e. The first-order valence-electron chi connectivity index (χ1n) is 6.28. The molecule has 0 saturated carbocycles. The van der Waals surface area contributed by atoms with E-state index in [9.17, 15) is 10.2 Å². The predicted molar refractivity (Wildman–Crippen MR) is 65.4 cm³/mol. The Kier molecular flexibility index (Phi) is 5.58. The van der Waals surface area contributed by atoms with Crippen molar-refractivity contribution in [3.63, 3.8) is 0 Å². The molecule has 2 atom stereocenters. The van der Waals surface area contributed by atoms with Crippen molar-refractivity contribution in [1.29, 1.82) is 0 Å². The van der Waals surface area contributed by atoms with Gasteiger partial charge in [0, 0.05) is 12.5 Å². The summed E-state index contributed by atoms with van der Waals surface area (Å²) in [5.74, 6) is -0.163. The van der Waals surface area contributed by atoms with Crippen molar-refractivity contribution in [1.82, 2.24) is 14.8 Å². The topological polar surface area (TPSA) is 71.2 Å². The maximum Gasteiger partial charge on any atom is 0.137 e. The molecule has 1 heterocycles. The Morgan fingerprint density at radius 2 is 2.18 bits per heavy atom. The van der Waals surface area contributed by atoms with Gasteiger partial charge < -0.3 is 10.2 Å². The number of nitrogens with zero attached hydrogens (tertiary/aromatic N) is 3. The summed E-state index contributed by atoms with van der Waals surface area (Å²) in [5, 5.41) is 23.9. The molecule has 0 radical (unpaired) electrons. The van der Waals surface area contributed by atoms with Crippen LogP contribution in [0.4, 0.5) is 0 Å². The van der Waals surface area contributed by atoms with Gasteiger partial charge in [0.25, 0.3) is 0 Å². The van der Waals surface area contributed by atoms with Crippen molar-refractivity contribution in [3.05, 3.63) is 12.7 Å². The Morgan fingerprint density at radius 1 is 1.41 bits per heavy atom. The van der Waals surface area contributed by atoms with E-state index in [0.717, 1.165) is 19.3 Å². The Morgan fingerprint density at radius 3 is 2.71 bits per heavy atom. The second kappa shape index (κ2) is 6.71. The second-order valence-electron chi connectivity index (χ2n) is 4.74. The number of hydrogen-bond donors (Lipinski definition) is 2. The lowest BCUT2D eigenvalue weighted by atomic mass is 9.84. The summed E-state index contributed by atoms with van der Waals surface area (Å²) in [7, 11) is 0. The van der Waals surface area contributed by atoms with Gasteiger partial charge in [-0.2, -0.15) is 5.10 Å². The third-order valence-electron chi connectivity index (χ3n) is 3.31. The maximum absolute atomic E-state index is 10.6. The molecule has 0 unspecified atom stereocenters. The van der Waals surface area contributed by atoms with Gasteiger partial charge in [-0.15, -0.1) is 0 Å². The minimum absolute atomic E-state index is 0.0165. The third kappa shape index (κ3) is 4.09. The maximum atomic E-state index is 10.6. The fourth-order valence-electron chi connectivity index (χ4n) is 1.93. The minimum Gasteiger partial charge on any atom is -0.396 e. The lowest BCUT2D eigenvalue weighted by Gasteiger charge is -2.33. The molecular weight excluding hydrogens is 218 g/mol. The van der Waals surface area contributed by atoms with E-state index in [-0.39, 0.29) is 12.5 Å². The van der Waals surface area contributed by atoms with E-state index in [4.69, 9.17) is 0 Å². The molecule has 0 aliphatic rings. The minimum atomic E-state index is -0.905. The molecule has 17 heavy (non-hydrogen) atoms. The Bertz CT molecular complexity index is 303. The fourth-order valence-corrected chi connectivity index (χ4v) is 1.93. The number of unbranched alkanes of at least 4 members (excludes halogenated alkanes) is 2. The number of rotatable bonds is 8. The molecule has 2 N–H and O–H groups in total. The van der Waals surface area contributed by atoms with E-state index in [1.165, 1.54) is 6.33 Å². The lowest BCUT2D eigenvalue weighted by Crippen LogP contribution is -2.42. The summed E-state index contributed by atoms with van der Waals surface area (Å²) >= 11 is 0. The monoisotopic (exact) mass is 241 g/mol. The Hall–Kier alpha value is -0.940. The molecule has 1 rings (SSSR count). The molecule has 5 nitrogen and oxygen atoms in total. The van der Waals surface area contributed by atoms with Crippen molar-refractivity contribution in [2.75, 3.05) is 6.61 Å². The highest BCUT2D eigenvalue weighted by Gasteiger charge is 2.33. The number of aromatic nitrogens is 3. The molecule has 5 heteroatoms. The van der Waals surface area contributed by atoms with Crippen LogP contribution >= 0.6 is 0 Å². The molecule has 0 aromatic carbocycles. The van der Waals surface area contributed by atoms with Crippen LogP contribution in [0.25, 0.3) is 0 Å². The zero-order valence-corrected chi connectivity index (χ0v) is 10.7. The first kappa shape index (κ1) is 14.1. The molecule has 0 saturated heterocycles. The molecule has 1 aromatic rings. The van der Waals surface area contributed by atoms with Gasteiger partial charge in [0.15, 0.2) is 0 Å². The van der Waals surface area contributed by atoms with Crippen LogP contribution < -0.4 is 0 Å². The molecule has 0 bridgehead atoms. The fraction of sp³-hybridized carbons (Fsp3) is 0.833. The first-order chi connectivity index (χ1) is 8.12. The normalized spacial score (nSPS) is 16.7. The van der Waals surface area contributed by atoms with Gasteiger partial charge in [-0.3, -0.25) is 4.68 Å².